The lowest BCUT2D eigenvalue weighted by atomic mass is 9.88. The summed E-state index contributed by atoms with van der Waals surface area (Å²) in [5, 5.41) is 0. The summed E-state index contributed by atoms with van der Waals surface area (Å²) in [5.41, 5.74) is 0.412. The first-order valence-corrected chi connectivity index (χ1v) is 5.93. The maximum Gasteiger partial charge on any atom is 0.145 e. The molecular weight excluding hydrogens is 164 g/mol. The van der Waals surface area contributed by atoms with Gasteiger partial charge in [-0.05, 0) is 11.8 Å². The summed E-state index contributed by atoms with van der Waals surface area (Å²) in [4.78, 5) is 0. The molecule has 0 aromatic carbocycles. The summed E-state index contributed by atoms with van der Waals surface area (Å²) >= 11 is 0. The molecule has 0 atom stereocenters. The smallest absolute Gasteiger partial charge is 0.145 e. The van der Waals surface area contributed by atoms with Crippen molar-refractivity contribution in [3.8, 4) is 0 Å². The van der Waals surface area contributed by atoms with Gasteiger partial charge in [0.05, 0.1) is 0 Å². The molecule has 0 bridgehead atoms. The van der Waals surface area contributed by atoms with E-state index >= 15 is 0 Å². The fourth-order valence-electron chi connectivity index (χ4n) is 1.49. The van der Waals surface area contributed by atoms with Gasteiger partial charge in [0.1, 0.15) is 10.5 Å². The van der Waals surface area contributed by atoms with Crippen LogP contribution in [0.3, 0.4) is 0 Å². The molecule has 0 fully saturated rings. The molecule has 0 aromatic heterocycles. The Morgan fingerprint density at radius 3 is 2.33 bits per heavy atom. The van der Waals surface area contributed by atoms with Crippen LogP contribution in [-0.4, -0.2) is 17.1 Å². The molecule has 0 unspecified atom stereocenters. The third kappa shape index (κ3) is 6.86. The Kier molecular flexibility index (Phi) is 6.77. The zero-order valence-electron chi connectivity index (χ0n) is 9.15. The minimum absolute atomic E-state index is 0.412. The maximum atomic E-state index is 5.30. The first-order valence-electron chi connectivity index (χ1n) is 5.11. The van der Waals surface area contributed by atoms with Gasteiger partial charge in [0, 0.05) is 6.61 Å². The van der Waals surface area contributed by atoms with Gasteiger partial charge in [0.15, 0.2) is 0 Å². The lowest BCUT2D eigenvalue weighted by molar-refractivity contribution is 0.177. The SMILES string of the molecule is CCCCCCC(C)(C)CO[SiH3]. The first kappa shape index (κ1) is 12.2. The van der Waals surface area contributed by atoms with E-state index in [4.69, 9.17) is 4.43 Å². The van der Waals surface area contributed by atoms with Crippen LogP contribution in [0.1, 0.15) is 52.9 Å². The highest BCUT2D eigenvalue weighted by Crippen LogP contribution is 2.23. The van der Waals surface area contributed by atoms with Crippen molar-refractivity contribution in [2.75, 3.05) is 6.61 Å². The molecule has 74 valence electrons. The molecule has 0 aliphatic carbocycles. The van der Waals surface area contributed by atoms with Crippen LogP contribution in [-0.2, 0) is 4.43 Å². The molecular formula is C10H24OSi. The van der Waals surface area contributed by atoms with Gasteiger partial charge in [-0.3, -0.25) is 0 Å². The summed E-state index contributed by atoms with van der Waals surface area (Å²) < 4.78 is 5.30. The number of rotatable bonds is 7. The minimum Gasteiger partial charge on any atom is -0.427 e. The molecule has 1 nitrogen and oxygen atoms in total. The van der Waals surface area contributed by atoms with E-state index in [1.807, 2.05) is 0 Å². The van der Waals surface area contributed by atoms with Crippen molar-refractivity contribution in [1.29, 1.82) is 0 Å². The Balaban J connectivity index is 3.33. The van der Waals surface area contributed by atoms with E-state index in [0.29, 0.717) is 5.41 Å². The molecule has 0 aromatic rings. The predicted molar refractivity (Wildman–Crippen MR) is 58.4 cm³/mol. The largest absolute Gasteiger partial charge is 0.427 e. The molecule has 2 heteroatoms. The maximum absolute atomic E-state index is 5.30. The van der Waals surface area contributed by atoms with Gasteiger partial charge in [-0.1, -0.05) is 46.5 Å². The molecule has 0 aliphatic rings. The molecule has 0 saturated carbocycles. The Bertz CT molecular complexity index is 102. The average Bonchev–Trinajstić information content (AvgIpc) is 1.98. The lowest BCUT2D eigenvalue weighted by Crippen LogP contribution is -2.18. The summed E-state index contributed by atoms with van der Waals surface area (Å²) in [6.45, 7) is 7.81. The van der Waals surface area contributed by atoms with E-state index < -0.39 is 0 Å². The Morgan fingerprint density at radius 1 is 1.17 bits per heavy atom. The van der Waals surface area contributed by atoms with Crippen LogP contribution in [0, 0.1) is 5.41 Å². The monoisotopic (exact) mass is 188 g/mol. The van der Waals surface area contributed by atoms with Crippen molar-refractivity contribution in [2.24, 2.45) is 5.41 Å². The zero-order valence-corrected chi connectivity index (χ0v) is 11.2. The Labute approximate surface area is 80.4 Å². The number of hydrogen-bond donors (Lipinski definition) is 0. The van der Waals surface area contributed by atoms with E-state index in [-0.39, 0.29) is 0 Å². The molecule has 0 aliphatic heterocycles. The van der Waals surface area contributed by atoms with Crippen molar-refractivity contribution in [2.45, 2.75) is 52.9 Å². The highest BCUT2D eigenvalue weighted by atomic mass is 28.2. The standard InChI is InChI=1S/C10H24OSi/c1-4-5-6-7-8-10(2,3)9-11-12/h4-9H2,1-3,12H3. The van der Waals surface area contributed by atoms with Crippen LogP contribution < -0.4 is 0 Å². The molecule has 12 heavy (non-hydrogen) atoms. The fraction of sp³-hybridized carbons (Fsp3) is 1.00. The van der Waals surface area contributed by atoms with Gasteiger partial charge in [-0.2, -0.15) is 0 Å². The van der Waals surface area contributed by atoms with Crippen molar-refractivity contribution < 1.29 is 4.43 Å². The lowest BCUT2D eigenvalue weighted by Gasteiger charge is -2.23. The summed E-state index contributed by atoms with van der Waals surface area (Å²) in [7, 11) is 0.880. The average molecular weight is 188 g/mol. The van der Waals surface area contributed by atoms with Crippen LogP contribution in [0.2, 0.25) is 0 Å². The van der Waals surface area contributed by atoms with Crippen molar-refractivity contribution in [3.05, 3.63) is 0 Å². The summed E-state index contributed by atoms with van der Waals surface area (Å²) in [5.74, 6) is 0. The van der Waals surface area contributed by atoms with Crippen LogP contribution in [0.5, 0.6) is 0 Å². The second-order valence-corrected chi connectivity index (χ2v) is 4.99. The fourth-order valence-corrected chi connectivity index (χ4v) is 2.27. The second-order valence-electron chi connectivity index (χ2n) is 4.41. The van der Waals surface area contributed by atoms with Crippen LogP contribution >= 0.6 is 0 Å². The molecule has 0 radical (unpaired) electrons. The van der Waals surface area contributed by atoms with Gasteiger partial charge in [0.2, 0.25) is 0 Å². The van der Waals surface area contributed by atoms with Crippen LogP contribution in [0.25, 0.3) is 0 Å². The molecule has 0 rings (SSSR count). The molecule has 0 heterocycles. The minimum atomic E-state index is 0.412. The van der Waals surface area contributed by atoms with Crippen molar-refractivity contribution in [1.82, 2.24) is 0 Å². The van der Waals surface area contributed by atoms with Gasteiger partial charge in [-0.25, -0.2) is 0 Å². The second kappa shape index (κ2) is 6.67. The normalized spacial score (nSPS) is 12.2. The molecule has 0 spiro atoms. The van der Waals surface area contributed by atoms with E-state index in [1.165, 1.54) is 32.1 Å². The third-order valence-corrected chi connectivity index (χ3v) is 2.53. The summed E-state index contributed by atoms with van der Waals surface area (Å²) in [6.07, 6.45) is 6.79. The van der Waals surface area contributed by atoms with E-state index in [0.717, 1.165) is 17.1 Å². The topological polar surface area (TPSA) is 9.23 Å². The predicted octanol–water partition coefficient (Wildman–Crippen LogP) is 2.28. The Hall–Kier alpha value is 0.177. The molecule has 0 amide bonds. The van der Waals surface area contributed by atoms with Gasteiger partial charge < -0.3 is 4.43 Å². The van der Waals surface area contributed by atoms with Gasteiger partial charge >= 0.3 is 0 Å². The molecule has 0 N–H and O–H groups in total. The van der Waals surface area contributed by atoms with Crippen molar-refractivity contribution in [3.63, 3.8) is 0 Å². The first-order chi connectivity index (χ1) is 5.62. The zero-order chi connectivity index (χ0) is 9.45. The van der Waals surface area contributed by atoms with Gasteiger partial charge in [-0.15, -0.1) is 0 Å². The van der Waals surface area contributed by atoms with Crippen LogP contribution in [0.4, 0.5) is 0 Å². The van der Waals surface area contributed by atoms with E-state index in [2.05, 4.69) is 20.8 Å². The van der Waals surface area contributed by atoms with E-state index in [9.17, 15) is 0 Å². The Morgan fingerprint density at radius 2 is 1.83 bits per heavy atom. The van der Waals surface area contributed by atoms with Crippen LogP contribution in [0.15, 0.2) is 0 Å². The summed E-state index contributed by atoms with van der Waals surface area (Å²) in [6, 6.07) is 0. The van der Waals surface area contributed by atoms with E-state index in [1.54, 1.807) is 0 Å². The highest BCUT2D eigenvalue weighted by molar-refractivity contribution is 5.97. The number of unbranched alkanes of at least 4 members (excludes halogenated alkanes) is 3. The number of hydrogen-bond acceptors (Lipinski definition) is 1. The van der Waals surface area contributed by atoms with Gasteiger partial charge in [0.25, 0.3) is 0 Å². The quantitative estimate of drug-likeness (QED) is 0.440. The third-order valence-electron chi connectivity index (χ3n) is 2.24. The van der Waals surface area contributed by atoms with Crippen molar-refractivity contribution >= 4 is 10.5 Å². The molecule has 0 saturated heterocycles. The highest BCUT2D eigenvalue weighted by Gasteiger charge is 2.15.